The summed E-state index contributed by atoms with van der Waals surface area (Å²) in [7, 11) is 0. The number of hydrogen-bond acceptors (Lipinski definition) is 3. The summed E-state index contributed by atoms with van der Waals surface area (Å²) in [5, 5.41) is 0. The van der Waals surface area contributed by atoms with E-state index >= 15 is 0 Å². The number of nitrogens with zero attached hydrogens (tertiary/aromatic N) is 2. The zero-order valence-corrected chi connectivity index (χ0v) is 17.9. The molecule has 7 heteroatoms. The first-order valence-corrected chi connectivity index (χ1v) is 11.7. The summed E-state index contributed by atoms with van der Waals surface area (Å²) in [5.41, 5.74) is 0.986. The number of carbonyl (C=O) groups excluding carboxylic acids is 1. The molecule has 5 rings (SSSR count). The van der Waals surface area contributed by atoms with Crippen LogP contribution in [0, 0.1) is 11.3 Å². The molecular weight excluding hydrogens is 405 g/mol. The van der Waals surface area contributed by atoms with Gasteiger partial charge in [0.2, 0.25) is 5.91 Å². The van der Waals surface area contributed by atoms with Crippen molar-refractivity contribution in [1.82, 2.24) is 9.80 Å². The molecule has 2 aliphatic heterocycles. The fourth-order valence-electron chi connectivity index (χ4n) is 6.22. The Labute approximate surface area is 181 Å². The van der Waals surface area contributed by atoms with Crippen LogP contribution in [0.1, 0.15) is 62.8 Å². The van der Waals surface area contributed by atoms with Crippen molar-refractivity contribution in [2.24, 2.45) is 11.3 Å². The van der Waals surface area contributed by atoms with E-state index in [0.717, 1.165) is 58.3 Å². The number of halogens is 3. The maximum atomic E-state index is 12.8. The first kappa shape index (κ1) is 21.1. The topological polar surface area (TPSA) is 32.8 Å². The molecule has 1 amide bonds. The van der Waals surface area contributed by atoms with Crippen molar-refractivity contribution < 1.29 is 22.7 Å². The molecule has 1 aromatic rings. The van der Waals surface area contributed by atoms with Gasteiger partial charge in [0.15, 0.2) is 0 Å². The Hall–Kier alpha value is -1.76. The third-order valence-corrected chi connectivity index (χ3v) is 8.13. The van der Waals surface area contributed by atoms with E-state index in [1.165, 1.54) is 25.3 Å². The fraction of sp³-hybridized carbons (Fsp3) is 0.708. The second-order valence-electron chi connectivity index (χ2n) is 10.1. The van der Waals surface area contributed by atoms with E-state index in [-0.39, 0.29) is 17.6 Å². The van der Waals surface area contributed by atoms with Crippen LogP contribution in [0.2, 0.25) is 0 Å². The minimum atomic E-state index is -4.66. The van der Waals surface area contributed by atoms with Gasteiger partial charge in [0.05, 0.1) is 0 Å². The zero-order chi connectivity index (χ0) is 21.6. The van der Waals surface area contributed by atoms with Gasteiger partial charge in [0.25, 0.3) is 0 Å². The van der Waals surface area contributed by atoms with Crippen molar-refractivity contribution in [1.29, 1.82) is 0 Å². The summed E-state index contributed by atoms with van der Waals surface area (Å²) < 4.78 is 42.5. The number of amides is 1. The molecule has 2 aliphatic carbocycles. The molecule has 2 heterocycles. The van der Waals surface area contributed by atoms with Gasteiger partial charge in [0, 0.05) is 30.5 Å². The largest absolute Gasteiger partial charge is 0.573 e. The first-order valence-electron chi connectivity index (χ1n) is 11.7. The molecule has 0 aromatic heterocycles. The van der Waals surface area contributed by atoms with Crippen LogP contribution >= 0.6 is 0 Å². The lowest BCUT2D eigenvalue weighted by Gasteiger charge is -2.50. The number of hydrogen-bond donors (Lipinski definition) is 0. The fourth-order valence-corrected chi connectivity index (χ4v) is 6.22. The number of likely N-dealkylation sites (tertiary alicyclic amines) is 2. The van der Waals surface area contributed by atoms with Gasteiger partial charge >= 0.3 is 6.36 Å². The van der Waals surface area contributed by atoms with Crippen molar-refractivity contribution in [3.8, 4) is 5.75 Å². The van der Waals surface area contributed by atoms with Crippen molar-refractivity contribution in [2.75, 3.05) is 26.2 Å². The lowest BCUT2D eigenvalue weighted by atomic mass is 9.75. The molecule has 4 nitrogen and oxygen atoms in total. The Morgan fingerprint density at radius 3 is 2.39 bits per heavy atom. The maximum Gasteiger partial charge on any atom is 0.573 e. The first-order chi connectivity index (χ1) is 14.8. The van der Waals surface area contributed by atoms with E-state index in [1.807, 2.05) is 0 Å². The molecule has 2 saturated heterocycles. The van der Waals surface area contributed by atoms with Crippen LogP contribution in [0.15, 0.2) is 24.3 Å². The van der Waals surface area contributed by atoms with E-state index in [2.05, 4.69) is 14.5 Å². The molecule has 1 spiro atoms. The van der Waals surface area contributed by atoms with Gasteiger partial charge < -0.3 is 14.5 Å². The van der Waals surface area contributed by atoms with Gasteiger partial charge in [0.1, 0.15) is 5.75 Å². The van der Waals surface area contributed by atoms with Crippen molar-refractivity contribution in [3.63, 3.8) is 0 Å². The predicted octanol–water partition coefficient (Wildman–Crippen LogP) is 4.95. The minimum absolute atomic E-state index is 0.0565. The third-order valence-electron chi connectivity index (χ3n) is 8.13. The number of ether oxygens (including phenoxy) is 1. The monoisotopic (exact) mass is 436 g/mol. The standard InChI is InChI=1S/C24H31F3N2O2/c25-24(26,27)31-21-7-2-1-6-20(21)17-9-12-28(13-10-17)19-8-11-23(14-19)15-29(16-23)22(30)18-4-3-5-18/h1-2,6-7,17-19H,3-5,8-16H2/t19-/m1/s1. The highest BCUT2D eigenvalue weighted by atomic mass is 19.4. The van der Waals surface area contributed by atoms with Gasteiger partial charge in [-0.25, -0.2) is 0 Å². The molecule has 2 saturated carbocycles. The molecule has 4 aliphatic rings. The average molecular weight is 437 g/mol. The molecule has 0 bridgehead atoms. The molecule has 0 radical (unpaired) electrons. The second kappa shape index (κ2) is 7.98. The lowest BCUT2D eigenvalue weighted by molar-refractivity contribution is -0.275. The van der Waals surface area contributed by atoms with Crippen LogP contribution in [0.4, 0.5) is 13.2 Å². The molecule has 170 valence electrons. The second-order valence-corrected chi connectivity index (χ2v) is 10.1. The highest BCUT2D eigenvalue weighted by molar-refractivity contribution is 5.80. The smallest absolute Gasteiger partial charge is 0.405 e. The average Bonchev–Trinajstić information content (AvgIpc) is 3.11. The highest BCUT2D eigenvalue weighted by Crippen LogP contribution is 2.49. The summed E-state index contributed by atoms with van der Waals surface area (Å²) in [4.78, 5) is 17.1. The van der Waals surface area contributed by atoms with E-state index in [4.69, 9.17) is 0 Å². The molecule has 1 aromatic carbocycles. The Balaban J connectivity index is 1.13. The van der Waals surface area contributed by atoms with E-state index in [0.29, 0.717) is 22.9 Å². The molecule has 0 unspecified atom stereocenters. The van der Waals surface area contributed by atoms with Crippen molar-refractivity contribution in [3.05, 3.63) is 29.8 Å². The van der Waals surface area contributed by atoms with Crippen molar-refractivity contribution >= 4 is 5.91 Å². The van der Waals surface area contributed by atoms with Crippen LogP contribution in [-0.2, 0) is 4.79 Å². The van der Waals surface area contributed by atoms with Crippen molar-refractivity contribution in [2.45, 2.75) is 69.7 Å². The summed E-state index contributed by atoms with van der Waals surface area (Å²) in [5.74, 6) is 0.710. The normalized spacial score (nSPS) is 27.2. The molecule has 1 atom stereocenters. The van der Waals surface area contributed by atoms with E-state index in [1.54, 1.807) is 18.2 Å². The molecule has 31 heavy (non-hydrogen) atoms. The van der Waals surface area contributed by atoms with Crippen LogP contribution in [0.25, 0.3) is 0 Å². The number of benzene rings is 1. The number of rotatable bonds is 4. The zero-order valence-electron chi connectivity index (χ0n) is 17.9. The Bertz CT molecular complexity index is 809. The Kier molecular flexibility index (Phi) is 5.43. The summed E-state index contributed by atoms with van der Waals surface area (Å²) in [6.07, 6.45) is 3.89. The SMILES string of the molecule is O=C(C1CCC1)N1CC2(CC[C@@H](N3CCC(c4ccccc4OC(F)(F)F)CC3)C2)C1. The molecule has 4 fully saturated rings. The predicted molar refractivity (Wildman–Crippen MR) is 111 cm³/mol. The highest BCUT2D eigenvalue weighted by Gasteiger charge is 2.51. The number of piperidine rings is 1. The van der Waals surface area contributed by atoms with Gasteiger partial charge in [-0.15, -0.1) is 13.2 Å². The Morgan fingerprint density at radius 2 is 1.74 bits per heavy atom. The number of para-hydroxylation sites is 1. The summed E-state index contributed by atoms with van der Waals surface area (Å²) >= 11 is 0. The maximum absolute atomic E-state index is 12.8. The van der Waals surface area contributed by atoms with Gasteiger partial charge in [-0.05, 0) is 75.6 Å². The summed E-state index contributed by atoms with van der Waals surface area (Å²) in [6.45, 7) is 3.68. The molecule has 0 N–H and O–H groups in total. The van der Waals surface area contributed by atoms with Crippen LogP contribution in [-0.4, -0.2) is 54.3 Å². The van der Waals surface area contributed by atoms with Gasteiger partial charge in [-0.3, -0.25) is 4.79 Å². The quantitative estimate of drug-likeness (QED) is 0.670. The third kappa shape index (κ3) is 4.30. The lowest BCUT2D eigenvalue weighted by Crippen LogP contribution is -2.59. The van der Waals surface area contributed by atoms with Gasteiger partial charge in [-0.1, -0.05) is 24.6 Å². The van der Waals surface area contributed by atoms with E-state index < -0.39 is 6.36 Å². The van der Waals surface area contributed by atoms with E-state index in [9.17, 15) is 18.0 Å². The minimum Gasteiger partial charge on any atom is -0.405 e. The van der Waals surface area contributed by atoms with Crippen LogP contribution in [0.3, 0.4) is 0 Å². The Morgan fingerprint density at radius 1 is 1.03 bits per heavy atom. The number of carbonyl (C=O) groups is 1. The summed E-state index contributed by atoms with van der Waals surface area (Å²) in [6, 6.07) is 7.12. The molecular formula is C24H31F3N2O2. The van der Waals surface area contributed by atoms with Crippen LogP contribution in [0.5, 0.6) is 5.75 Å². The van der Waals surface area contributed by atoms with Crippen LogP contribution < -0.4 is 4.74 Å². The van der Waals surface area contributed by atoms with Gasteiger partial charge in [-0.2, -0.15) is 0 Å². The number of alkyl halides is 3.